The van der Waals surface area contributed by atoms with Gasteiger partial charge in [0.15, 0.2) is 11.5 Å². The summed E-state index contributed by atoms with van der Waals surface area (Å²) in [6.45, 7) is 2.69. The van der Waals surface area contributed by atoms with Crippen molar-refractivity contribution >= 4 is 28.2 Å². The van der Waals surface area contributed by atoms with Crippen LogP contribution in [-0.2, 0) is 17.6 Å². The molecule has 5 nitrogen and oxygen atoms in total. The molecule has 3 heterocycles. The smallest absolute Gasteiger partial charge is 0.227 e. The van der Waals surface area contributed by atoms with Crippen LogP contribution in [-0.4, -0.2) is 31.6 Å². The van der Waals surface area contributed by atoms with Gasteiger partial charge in [0.05, 0.1) is 32.9 Å². The molecule has 0 fully saturated rings. The average molecular weight is 448 g/mol. The number of hydrogen-bond donors (Lipinski definition) is 0. The molecule has 0 unspecified atom stereocenters. The van der Waals surface area contributed by atoms with E-state index in [-0.39, 0.29) is 11.9 Å². The summed E-state index contributed by atoms with van der Waals surface area (Å²) in [7, 11) is 3.29. The number of amides is 1. The van der Waals surface area contributed by atoms with Gasteiger partial charge in [-0.25, -0.2) is 0 Å². The minimum Gasteiger partial charge on any atom is -0.493 e. The molecule has 0 saturated carbocycles. The summed E-state index contributed by atoms with van der Waals surface area (Å²) < 4.78 is 16.8. The summed E-state index contributed by atoms with van der Waals surface area (Å²) in [6, 6.07) is 14.1. The van der Waals surface area contributed by atoms with Gasteiger partial charge >= 0.3 is 0 Å². The van der Waals surface area contributed by atoms with Crippen molar-refractivity contribution in [1.29, 1.82) is 0 Å². The molecule has 0 bridgehead atoms. The number of furan rings is 1. The molecule has 0 aliphatic carbocycles. The summed E-state index contributed by atoms with van der Waals surface area (Å²) in [5, 5.41) is 3.05. The van der Waals surface area contributed by atoms with Crippen molar-refractivity contribution in [2.45, 2.75) is 25.8 Å². The maximum absolute atomic E-state index is 13.6. The van der Waals surface area contributed by atoms with Crippen molar-refractivity contribution in [2.24, 2.45) is 0 Å². The van der Waals surface area contributed by atoms with Crippen molar-refractivity contribution in [3.8, 4) is 11.5 Å². The lowest BCUT2D eigenvalue weighted by Gasteiger charge is -2.37. The monoisotopic (exact) mass is 447 g/mol. The first-order valence-corrected chi connectivity index (χ1v) is 11.5. The van der Waals surface area contributed by atoms with Crippen molar-refractivity contribution < 1.29 is 18.7 Å². The van der Waals surface area contributed by atoms with Crippen LogP contribution in [0.1, 0.15) is 33.2 Å². The minimum absolute atomic E-state index is 0.0899. The second-order valence-electron chi connectivity index (χ2n) is 8.10. The number of hydrogen-bond acceptors (Lipinski definition) is 5. The minimum atomic E-state index is -0.147. The molecule has 1 atom stereocenters. The molecule has 1 amide bonds. The Bertz CT molecular complexity index is 1270. The molecular weight excluding hydrogens is 422 g/mol. The third-order valence-electron chi connectivity index (χ3n) is 6.16. The Hall–Kier alpha value is -3.25. The first kappa shape index (κ1) is 20.6. The Labute approximate surface area is 191 Å². The van der Waals surface area contributed by atoms with Crippen LogP contribution in [0.25, 0.3) is 11.0 Å². The Morgan fingerprint density at radius 3 is 2.72 bits per heavy atom. The molecule has 5 rings (SSSR count). The molecule has 1 aliphatic heterocycles. The van der Waals surface area contributed by atoms with Gasteiger partial charge in [-0.05, 0) is 59.7 Å². The fraction of sp³-hybridized carbons (Fsp3) is 0.269. The Balaban J connectivity index is 1.52. The maximum Gasteiger partial charge on any atom is 0.227 e. The van der Waals surface area contributed by atoms with Crippen LogP contribution in [0, 0.1) is 6.92 Å². The summed E-state index contributed by atoms with van der Waals surface area (Å²) in [4.78, 5) is 16.7. The highest BCUT2D eigenvalue weighted by molar-refractivity contribution is 7.10. The van der Waals surface area contributed by atoms with Crippen LogP contribution in [0.5, 0.6) is 11.5 Å². The van der Waals surface area contributed by atoms with Gasteiger partial charge in [-0.1, -0.05) is 18.2 Å². The largest absolute Gasteiger partial charge is 0.493 e. The number of fused-ring (bicyclic) bond motifs is 2. The Morgan fingerprint density at radius 1 is 1.16 bits per heavy atom. The third-order valence-corrected chi connectivity index (χ3v) is 7.08. The van der Waals surface area contributed by atoms with Gasteiger partial charge in [-0.15, -0.1) is 11.3 Å². The number of methoxy groups -OCH3 is 2. The summed E-state index contributed by atoms with van der Waals surface area (Å²) in [5.74, 6) is 1.49. The van der Waals surface area contributed by atoms with E-state index in [4.69, 9.17) is 13.9 Å². The van der Waals surface area contributed by atoms with Crippen LogP contribution in [0.2, 0.25) is 0 Å². The lowest BCUT2D eigenvalue weighted by molar-refractivity contribution is -0.132. The van der Waals surface area contributed by atoms with E-state index < -0.39 is 0 Å². The van der Waals surface area contributed by atoms with Crippen LogP contribution in [0.3, 0.4) is 0 Å². The van der Waals surface area contributed by atoms with Gasteiger partial charge in [0, 0.05) is 22.4 Å². The molecule has 164 valence electrons. The SMILES string of the molecule is COc1cc2c(cc1OC)[C@H](c1cccs1)N(C(=O)Cc1coc3cc(C)ccc13)CC2. The second kappa shape index (κ2) is 8.36. The van der Waals surface area contributed by atoms with Gasteiger partial charge in [0.2, 0.25) is 5.91 Å². The van der Waals surface area contributed by atoms with Gasteiger partial charge in [-0.2, -0.15) is 0 Å². The number of benzene rings is 2. The number of thiophene rings is 1. The summed E-state index contributed by atoms with van der Waals surface area (Å²) >= 11 is 1.67. The zero-order chi connectivity index (χ0) is 22.2. The van der Waals surface area contributed by atoms with E-state index in [1.54, 1.807) is 31.8 Å². The fourth-order valence-electron chi connectivity index (χ4n) is 4.56. The molecule has 0 N–H and O–H groups in total. The van der Waals surface area contributed by atoms with E-state index in [1.807, 2.05) is 42.2 Å². The molecule has 0 spiro atoms. The highest BCUT2D eigenvalue weighted by Gasteiger charge is 2.34. The van der Waals surface area contributed by atoms with Gasteiger partial charge in [0.1, 0.15) is 5.58 Å². The molecule has 32 heavy (non-hydrogen) atoms. The maximum atomic E-state index is 13.6. The van der Waals surface area contributed by atoms with Crippen LogP contribution in [0.15, 0.2) is 58.5 Å². The van der Waals surface area contributed by atoms with Crippen LogP contribution in [0.4, 0.5) is 0 Å². The van der Waals surface area contributed by atoms with E-state index in [2.05, 4.69) is 17.5 Å². The molecule has 0 radical (unpaired) electrons. The number of nitrogens with zero attached hydrogens (tertiary/aromatic N) is 1. The zero-order valence-corrected chi connectivity index (χ0v) is 19.2. The van der Waals surface area contributed by atoms with E-state index in [9.17, 15) is 4.79 Å². The normalized spacial score (nSPS) is 15.6. The van der Waals surface area contributed by atoms with Crippen LogP contribution < -0.4 is 9.47 Å². The fourth-order valence-corrected chi connectivity index (χ4v) is 5.41. The average Bonchev–Trinajstić information content (AvgIpc) is 3.47. The first-order valence-electron chi connectivity index (χ1n) is 10.6. The quantitative estimate of drug-likeness (QED) is 0.403. The predicted octanol–water partition coefficient (Wildman–Crippen LogP) is 5.54. The van der Waals surface area contributed by atoms with E-state index in [1.165, 1.54) is 5.56 Å². The molecule has 1 aliphatic rings. The van der Waals surface area contributed by atoms with Gasteiger partial charge in [-0.3, -0.25) is 4.79 Å². The van der Waals surface area contributed by atoms with Gasteiger partial charge < -0.3 is 18.8 Å². The number of rotatable bonds is 5. The van der Waals surface area contributed by atoms with E-state index in [0.717, 1.165) is 44.7 Å². The van der Waals surface area contributed by atoms with Crippen molar-refractivity contribution in [1.82, 2.24) is 4.90 Å². The molecular formula is C26H25NO4S. The van der Waals surface area contributed by atoms with Gasteiger partial charge in [0.25, 0.3) is 0 Å². The Kier molecular flexibility index (Phi) is 5.39. The van der Waals surface area contributed by atoms with Crippen molar-refractivity contribution in [3.05, 3.63) is 81.2 Å². The standard InChI is InChI=1S/C26H25NO4S/c1-16-6-7-19-18(15-31-21(19)11-16)13-25(28)27-9-8-17-12-22(29-2)23(30-3)14-20(17)26(27)24-5-4-10-32-24/h4-7,10-12,14-15,26H,8-9,13H2,1-3H3/t26-/m1/s1. The zero-order valence-electron chi connectivity index (χ0n) is 18.4. The first-order chi connectivity index (χ1) is 15.6. The van der Waals surface area contributed by atoms with E-state index in [0.29, 0.717) is 18.7 Å². The summed E-state index contributed by atoms with van der Waals surface area (Å²) in [6.07, 6.45) is 2.79. The number of carbonyl (C=O) groups is 1. The molecule has 2 aromatic carbocycles. The van der Waals surface area contributed by atoms with Crippen LogP contribution >= 0.6 is 11.3 Å². The topological polar surface area (TPSA) is 51.9 Å². The second-order valence-corrected chi connectivity index (χ2v) is 9.08. The molecule has 0 saturated heterocycles. The highest BCUT2D eigenvalue weighted by Crippen LogP contribution is 2.42. The predicted molar refractivity (Wildman–Crippen MR) is 126 cm³/mol. The van der Waals surface area contributed by atoms with Crippen molar-refractivity contribution in [3.63, 3.8) is 0 Å². The molecule has 4 aromatic rings. The molecule has 6 heteroatoms. The number of aryl methyl sites for hydroxylation is 1. The lowest BCUT2D eigenvalue weighted by atomic mass is 9.90. The molecule has 2 aromatic heterocycles. The highest BCUT2D eigenvalue weighted by atomic mass is 32.1. The lowest BCUT2D eigenvalue weighted by Crippen LogP contribution is -2.41. The summed E-state index contributed by atoms with van der Waals surface area (Å²) in [5.41, 5.74) is 5.17. The Morgan fingerprint density at radius 2 is 1.97 bits per heavy atom. The number of ether oxygens (including phenoxy) is 2. The van der Waals surface area contributed by atoms with Crippen molar-refractivity contribution in [2.75, 3.05) is 20.8 Å². The third kappa shape index (κ3) is 3.54. The number of carbonyl (C=O) groups excluding carboxylic acids is 1. The van der Waals surface area contributed by atoms with E-state index >= 15 is 0 Å².